The molecule has 0 aromatic rings. The molecule has 0 saturated carbocycles. The predicted octanol–water partition coefficient (Wildman–Crippen LogP) is 2.95. The lowest BCUT2D eigenvalue weighted by Gasteiger charge is -2.43. The second-order valence-electron chi connectivity index (χ2n) is 5.69. The topological polar surface area (TPSA) is 3.24 Å². The van der Waals surface area contributed by atoms with Crippen LogP contribution in [0.3, 0.4) is 0 Å². The van der Waals surface area contributed by atoms with Gasteiger partial charge in [0.05, 0.1) is 0 Å². The molecule has 0 atom stereocenters. The van der Waals surface area contributed by atoms with Gasteiger partial charge < -0.3 is 4.14 Å². The smallest absolute Gasteiger partial charge is 0.190 e. The van der Waals surface area contributed by atoms with Crippen LogP contribution in [-0.4, -0.2) is 28.0 Å². The highest BCUT2D eigenvalue weighted by Crippen LogP contribution is 2.18. The van der Waals surface area contributed by atoms with Gasteiger partial charge in [-0.3, -0.25) is 0 Å². The van der Waals surface area contributed by atoms with Gasteiger partial charge in [0.15, 0.2) is 7.41 Å². The Kier molecular flexibility index (Phi) is 4.97. The molecule has 0 aliphatic heterocycles. The van der Waals surface area contributed by atoms with Gasteiger partial charge in [-0.2, -0.15) is 0 Å². The second-order valence-corrected chi connectivity index (χ2v) is 15.9. The average Bonchev–Trinajstić information content (AvgIpc) is 1.81. The summed E-state index contributed by atoms with van der Waals surface area (Å²) in [7, 11) is -0.889. The SMILES string of the molecule is C[CH]CBN([Si](C)(C)C)[Si](C)(C)C. The van der Waals surface area contributed by atoms with Crippen LogP contribution in [0.2, 0.25) is 45.6 Å². The van der Waals surface area contributed by atoms with E-state index >= 15 is 0 Å². The van der Waals surface area contributed by atoms with E-state index in [0.717, 1.165) is 0 Å². The van der Waals surface area contributed by atoms with Crippen molar-refractivity contribution in [1.29, 1.82) is 0 Å². The Morgan fingerprint density at radius 3 is 1.62 bits per heavy atom. The standard InChI is InChI=1S/C9H25BNSi2/c1-8-9-10-11(12(2,3)4)13(5,6)7/h8,10H,9H2,1-7H3. The van der Waals surface area contributed by atoms with Crippen molar-refractivity contribution in [3.05, 3.63) is 6.42 Å². The van der Waals surface area contributed by atoms with Crippen LogP contribution in [0.1, 0.15) is 6.92 Å². The molecule has 0 saturated heterocycles. The van der Waals surface area contributed by atoms with Crippen LogP contribution in [0.15, 0.2) is 0 Å². The molecule has 0 aliphatic rings. The highest BCUT2D eigenvalue weighted by Gasteiger charge is 2.33. The van der Waals surface area contributed by atoms with Crippen LogP contribution in [0.25, 0.3) is 0 Å². The molecule has 0 bridgehead atoms. The van der Waals surface area contributed by atoms with Crippen LogP contribution in [0.4, 0.5) is 0 Å². The fourth-order valence-corrected chi connectivity index (χ4v) is 11.6. The summed E-state index contributed by atoms with van der Waals surface area (Å²) >= 11 is 0. The maximum Gasteiger partial charge on any atom is 0.190 e. The molecule has 0 unspecified atom stereocenters. The van der Waals surface area contributed by atoms with Crippen molar-refractivity contribution >= 4 is 23.9 Å². The molecule has 1 nitrogen and oxygen atoms in total. The minimum absolute atomic E-state index is 1.08. The van der Waals surface area contributed by atoms with Crippen LogP contribution in [-0.2, 0) is 0 Å². The molecule has 0 rings (SSSR count). The quantitative estimate of drug-likeness (QED) is 0.636. The highest BCUT2D eigenvalue weighted by atomic mass is 28.4. The third-order valence-electron chi connectivity index (χ3n) is 2.26. The lowest BCUT2D eigenvalue weighted by molar-refractivity contribution is 0.943. The van der Waals surface area contributed by atoms with Crippen molar-refractivity contribution < 1.29 is 0 Å². The third kappa shape index (κ3) is 5.03. The summed E-state index contributed by atoms with van der Waals surface area (Å²) in [5, 5.41) is 0. The van der Waals surface area contributed by atoms with Crippen molar-refractivity contribution in [1.82, 2.24) is 4.14 Å². The number of rotatable bonds is 5. The van der Waals surface area contributed by atoms with Gasteiger partial charge in [-0.05, 0) is 6.42 Å². The van der Waals surface area contributed by atoms with Crippen molar-refractivity contribution in [2.75, 3.05) is 0 Å². The van der Waals surface area contributed by atoms with E-state index in [1.165, 1.54) is 13.7 Å². The zero-order valence-corrected chi connectivity index (χ0v) is 12.4. The van der Waals surface area contributed by atoms with Crippen molar-refractivity contribution in [3.8, 4) is 0 Å². The van der Waals surface area contributed by atoms with Gasteiger partial charge in [-0.25, -0.2) is 0 Å². The number of hydrogen-bond donors (Lipinski definition) is 0. The Labute approximate surface area is 87.4 Å². The van der Waals surface area contributed by atoms with Crippen molar-refractivity contribution in [2.45, 2.75) is 52.5 Å². The molecule has 4 heteroatoms. The lowest BCUT2D eigenvalue weighted by Crippen LogP contribution is -2.60. The van der Waals surface area contributed by atoms with Gasteiger partial charge in [0.1, 0.15) is 16.5 Å². The van der Waals surface area contributed by atoms with E-state index in [0.29, 0.717) is 0 Å². The molecular formula is C9H25BNSi2. The molecule has 77 valence electrons. The first kappa shape index (κ1) is 13.5. The normalized spacial score (nSPS) is 13.5. The summed E-state index contributed by atoms with van der Waals surface area (Å²) in [6.45, 7) is 16.9. The minimum atomic E-state index is -1.08. The molecule has 0 N–H and O–H groups in total. The summed E-state index contributed by atoms with van der Waals surface area (Å²) in [6.07, 6.45) is 3.53. The van der Waals surface area contributed by atoms with E-state index in [4.69, 9.17) is 0 Å². The largest absolute Gasteiger partial charge is 0.391 e. The highest BCUT2D eigenvalue weighted by molar-refractivity contribution is 6.96. The van der Waals surface area contributed by atoms with E-state index in [9.17, 15) is 0 Å². The summed E-state index contributed by atoms with van der Waals surface area (Å²) in [5.74, 6) is 0. The number of nitrogens with zero attached hydrogens (tertiary/aromatic N) is 1. The van der Waals surface area contributed by atoms with Crippen molar-refractivity contribution in [2.24, 2.45) is 0 Å². The summed E-state index contributed by atoms with van der Waals surface area (Å²) in [5.41, 5.74) is 0. The fourth-order valence-electron chi connectivity index (χ4n) is 1.94. The monoisotopic (exact) mass is 214 g/mol. The van der Waals surface area contributed by atoms with Gasteiger partial charge in [0, 0.05) is 0 Å². The fraction of sp³-hybridized carbons (Fsp3) is 0.889. The maximum atomic E-state index is 2.83. The van der Waals surface area contributed by atoms with Crippen LogP contribution in [0.5, 0.6) is 0 Å². The molecule has 0 aromatic heterocycles. The van der Waals surface area contributed by atoms with Gasteiger partial charge in [-0.15, -0.1) is 0 Å². The Morgan fingerprint density at radius 1 is 1.00 bits per heavy atom. The lowest BCUT2D eigenvalue weighted by atomic mass is 9.90. The zero-order chi connectivity index (χ0) is 10.7. The van der Waals surface area contributed by atoms with Crippen LogP contribution >= 0.6 is 0 Å². The van der Waals surface area contributed by atoms with E-state index < -0.39 is 16.5 Å². The molecule has 0 aromatic carbocycles. The van der Waals surface area contributed by atoms with Crippen LogP contribution in [0, 0.1) is 6.42 Å². The first-order chi connectivity index (χ1) is 5.69. The summed E-state index contributed by atoms with van der Waals surface area (Å²) in [4.78, 5) is 0. The Bertz CT molecular complexity index is 135. The van der Waals surface area contributed by atoms with E-state index in [2.05, 4.69) is 56.8 Å². The molecule has 13 heavy (non-hydrogen) atoms. The van der Waals surface area contributed by atoms with Gasteiger partial charge in [-0.1, -0.05) is 52.5 Å². The van der Waals surface area contributed by atoms with Gasteiger partial charge in [0.25, 0.3) is 0 Å². The summed E-state index contributed by atoms with van der Waals surface area (Å²) < 4.78 is 2.83. The molecular weight excluding hydrogens is 189 g/mol. The average molecular weight is 214 g/mol. The first-order valence-electron chi connectivity index (χ1n) is 5.25. The summed E-state index contributed by atoms with van der Waals surface area (Å²) in [6, 6.07) is 0. The Morgan fingerprint density at radius 2 is 1.38 bits per heavy atom. The zero-order valence-electron chi connectivity index (χ0n) is 10.4. The first-order valence-corrected chi connectivity index (χ1v) is 12.1. The maximum absolute atomic E-state index is 2.83. The molecule has 0 spiro atoms. The molecule has 0 heterocycles. The van der Waals surface area contributed by atoms with Gasteiger partial charge in [0.2, 0.25) is 0 Å². The van der Waals surface area contributed by atoms with Gasteiger partial charge >= 0.3 is 0 Å². The second kappa shape index (κ2) is 4.80. The van der Waals surface area contributed by atoms with E-state index in [1.807, 2.05) is 0 Å². The van der Waals surface area contributed by atoms with Crippen LogP contribution < -0.4 is 0 Å². The third-order valence-corrected chi connectivity index (χ3v) is 9.97. The number of hydrogen-bond acceptors (Lipinski definition) is 1. The predicted molar refractivity (Wildman–Crippen MR) is 70.5 cm³/mol. The molecule has 1 radical (unpaired) electrons. The van der Waals surface area contributed by atoms with Crippen molar-refractivity contribution in [3.63, 3.8) is 0 Å². The Balaban J connectivity index is 4.39. The molecule has 0 amide bonds. The van der Waals surface area contributed by atoms with E-state index in [-0.39, 0.29) is 0 Å². The molecule has 0 fully saturated rings. The van der Waals surface area contributed by atoms with E-state index in [1.54, 1.807) is 0 Å². The molecule has 0 aliphatic carbocycles. The Hall–Kier alpha value is 0.459. The minimum Gasteiger partial charge on any atom is -0.391 e.